The molecule has 3 nitrogen and oxygen atoms in total. The van der Waals surface area contributed by atoms with Crippen LogP contribution < -0.4 is 11.1 Å². The monoisotopic (exact) mass is 230 g/mol. The fourth-order valence-corrected chi connectivity index (χ4v) is 1.07. The molecule has 6 heteroatoms. The standard InChI is InChI=1S/C10H9F3N2O/c1-2-9(16)15-6-3-4-8(14)7(5-6)10(11,12)13/h2-5H,1,14H2,(H,15,16). The first-order valence-electron chi connectivity index (χ1n) is 4.24. The predicted octanol–water partition coefficient (Wildman–Crippen LogP) is 2.41. The van der Waals surface area contributed by atoms with E-state index in [1.807, 2.05) is 0 Å². The molecule has 0 aliphatic carbocycles. The van der Waals surface area contributed by atoms with Crippen LogP contribution in [0.15, 0.2) is 30.9 Å². The summed E-state index contributed by atoms with van der Waals surface area (Å²) < 4.78 is 37.3. The van der Waals surface area contributed by atoms with Crippen molar-refractivity contribution in [2.75, 3.05) is 11.1 Å². The second-order valence-corrected chi connectivity index (χ2v) is 2.99. The number of nitrogens with two attached hydrogens (primary N) is 1. The second-order valence-electron chi connectivity index (χ2n) is 2.99. The van der Waals surface area contributed by atoms with Crippen LogP contribution in [0.25, 0.3) is 0 Å². The third kappa shape index (κ3) is 2.75. The summed E-state index contributed by atoms with van der Waals surface area (Å²) in [7, 11) is 0. The Morgan fingerprint density at radius 3 is 2.56 bits per heavy atom. The number of nitrogens with one attached hydrogen (secondary N) is 1. The van der Waals surface area contributed by atoms with Gasteiger partial charge in [0.25, 0.3) is 0 Å². The zero-order valence-corrected chi connectivity index (χ0v) is 8.14. The molecule has 1 amide bonds. The fourth-order valence-electron chi connectivity index (χ4n) is 1.07. The van der Waals surface area contributed by atoms with Crippen LogP contribution in [0, 0.1) is 0 Å². The molecule has 3 N–H and O–H groups in total. The van der Waals surface area contributed by atoms with Gasteiger partial charge in [0.05, 0.1) is 5.56 Å². The first-order chi connectivity index (χ1) is 7.34. The molecular weight excluding hydrogens is 221 g/mol. The van der Waals surface area contributed by atoms with Gasteiger partial charge in [0.15, 0.2) is 0 Å². The van der Waals surface area contributed by atoms with Gasteiger partial charge in [0, 0.05) is 11.4 Å². The number of nitrogen functional groups attached to an aromatic ring is 1. The van der Waals surface area contributed by atoms with Gasteiger partial charge in [-0.05, 0) is 24.3 Å². The number of hydrogen-bond acceptors (Lipinski definition) is 2. The molecular formula is C10H9F3N2O. The molecule has 0 aromatic heterocycles. The van der Waals surface area contributed by atoms with E-state index in [0.717, 1.165) is 18.2 Å². The van der Waals surface area contributed by atoms with Crippen molar-refractivity contribution in [1.29, 1.82) is 0 Å². The lowest BCUT2D eigenvalue weighted by Crippen LogP contribution is -2.12. The molecule has 1 aromatic rings. The molecule has 0 heterocycles. The van der Waals surface area contributed by atoms with Crippen molar-refractivity contribution >= 4 is 17.3 Å². The third-order valence-electron chi connectivity index (χ3n) is 1.81. The SMILES string of the molecule is C=CC(=O)Nc1ccc(N)c(C(F)(F)F)c1. The molecule has 1 aromatic carbocycles. The van der Waals surface area contributed by atoms with Crippen LogP contribution in [0.5, 0.6) is 0 Å². The maximum atomic E-state index is 12.4. The molecule has 16 heavy (non-hydrogen) atoms. The van der Waals surface area contributed by atoms with Crippen LogP contribution in [0.2, 0.25) is 0 Å². The van der Waals surface area contributed by atoms with Gasteiger partial charge in [0.1, 0.15) is 0 Å². The highest BCUT2D eigenvalue weighted by Crippen LogP contribution is 2.35. The second kappa shape index (κ2) is 4.26. The summed E-state index contributed by atoms with van der Waals surface area (Å²) in [5.41, 5.74) is 3.84. The summed E-state index contributed by atoms with van der Waals surface area (Å²) in [5, 5.41) is 2.22. The number of anilines is 2. The Morgan fingerprint density at radius 2 is 2.06 bits per heavy atom. The van der Waals surface area contributed by atoms with Crippen molar-refractivity contribution in [1.82, 2.24) is 0 Å². The average Bonchev–Trinajstić information content (AvgIpc) is 2.19. The highest BCUT2D eigenvalue weighted by Gasteiger charge is 2.33. The maximum absolute atomic E-state index is 12.4. The number of alkyl halides is 3. The zero-order chi connectivity index (χ0) is 12.3. The molecule has 0 atom stereocenters. The summed E-state index contributed by atoms with van der Waals surface area (Å²) in [5.74, 6) is -0.585. The molecule has 0 unspecified atom stereocenters. The minimum atomic E-state index is -4.54. The lowest BCUT2D eigenvalue weighted by atomic mass is 10.1. The van der Waals surface area contributed by atoms with Crippen molar-refractivity contribution in [2.45, 2.75) is 6.18 Å². The normalized spacial score (nSPS) is 10.9. The molecule has 1 rings (SSSR count). The summed E-state index contributed by atoms with van der Waals surface area (Å²) in [6.07, 6.45) is -3.58. The molecule has 0 radical (unpaired) electrons. The van der Waals surface area contributed by atoms with E-state index in [0.29, 0.717) is 0 Å². The largest absolute Gasteiger partial charge is 0.418 e. The van der Waals surface area contributed by atoms with Gasteiger partial charge in [0.2, 0.25) is 5.91 Å². The van der Waals surface area contributed by atoms with E-state index in [1.54, 1.807) is 0 Å². The summed E-state index contributed by atoms with van der Waals surface area (Å²) in [6.45, 7) is 3.19. The smallest absolute Gasteiger partial charge is 0.398 e. The van der Waals surface area contributed by atoms with Crippen LogP contribution in [0.1, 0.15) is 5.56 Å². The molecule has 0 spiro atoms. The van der Waals surface area contributed by atoms with Crippen LogP contribution in [0.3, 0.4) is 0 Å². The summed E-state index contributed by atoms with van der Waals surface area (Å²) >= 11 is 0. The van der Waals surface area contributed by atoms with Crippen molar-refractivity contribution in [3.8, 4) is 0 Å². The van der Waals surface area contributed by atoms with Gasteiger partial charge in [-0.2, -0.15) is 13.2 Å². The van der Waals surface area contributed by atoms with Crippen molar-refractivity contribution in [3.63, 3.8) is 0 Å². The Bertz CT molecular complexity index is 427. The molecule has 0 saturated carbocycles. The molecule has 0 aliphatic rings. The van der Waals surface area contributed by atoms with Gasteiger partial charge in [-0.25, -0.2) is 0 Å². The minimum absolute atomic E-state index is 0.0198. The van der Waals surface area contributed by atoms with E-state index < -0.39 is 17.6 Å². The van der Waals surface area contributed by atoms with Crippen molar-refractivity contribution in [2.24, 2.45) is 0 Å². The highest BCUT2D eigenvalue weighted by atomic mass is 19.4. The lowest BCUT2D eigenvalue weighted by Gasteiger charge is -2.11. The van der Waals surface area contributed by atoms with Crippen LogP contribution in [-0.4, -0.2) is 5.91 Å². The minimum Gasteiger partial charge on any atom is -0.398 e. The van der Waals surface area contributed by atoms with E-state index in [4.69, 9.17) is 5.73 Å². The summed E-state index contributed by atoms with van der Waals surface area (Å²) in [4.78, 5) is 10.9. The average molecular weight is 230 g/mol. The zero-order valence-electron chi connectivity index (χ0n) is 8.14. The van der Waals surface area contributed by atoms with Gasteiger partial charge < -0.3 is 11.1 Å². The number of carbonyl (C=O) groups excluding carboxylic acids is 1. The number of halogens is 3. The number of rotatable bonds is 2. The molecule has 0 aliphatic heterocycles. The van der Waals surface area contributed by atoms with E-state index in [2.05, 4.69) is 11.9 Å². The van der Waals surface area contributed by atoms with E-state index >= 15 is 0 Å². The van der Waals surface area contributed by atoms with Crippen molar-refractivity contribution < 1.29 is 18.0 Å². The first kappa shape index (κ1) is 12.1. The van der Waals surface area contributed by atoms with Crippen LogP contribution in [0.4, 0.5) is 24.5 Å². The van der Waals surface area contributed by atoms with Gasteiger partial charge in [-0.3, -0.25) is 4.79 Å². The number of carbonyl (C=O) groups is 1. The van der Waals surface area contributed by atoms with Crippen LogP contribution >= 0.6 is 0 Å². The Hall–Kier alpha value is -1.98. The highest BCUT2D eigenvalue weighted by molar-refractivity contribution is 5.99. The summed E-state index contributed by atoms with van der Waals surface area (Å²) in [6, 6.07) is 3.14. The topological polar surface area (TPSA) is 55.1 Å². The maximum Gasteiger partial charge on any atom is 0.418 e. The fraction of sp³-hybridized carbons (Fsp3) is 0.100. The molecule has 0 bridgehead atoms. The van der Waals surface area contributed by atoms with E-state index in [1.165, 1.54) is 6.07 Å². The third-order valence-corrected chi connectivity index (χ3v) is 1.81. The molecule has 0 fully saturated rings. The molecule has 0 saturated heterocycles. The Morgan fingerprint density at radius 1 is 1.44 bits per heavy atom. The Labute approximate surface area is 89.7 Å². The van der Waals surface area contributed by atoms with E-state index in [9.17, 15) is 18.0 Å². The van der Waals surface area contributed by atoms with Crippen LogP contribution in [-0.2, 0) is 11.0 Å². The Kier molecular flexibility index (Phi) is 3.22. The first-order valence-corrected chi connectivity index (χ1v) is 4.24. The van der Waals surface area contributed by atoms with Gasteiger partial charge in [-0.1, -0.05) is 6.58 Å². The van der Waals surface area contributed by atoms with Crippen molar-refractivity contribution in [3.05, 3.63) is 36.4 Å². The quantitative estimate of drug-likeness (QED) is 0.605. The Balaban J connectivity index is 3.08. The van der Waals surface area contributed by atoms with E-state index in [-0.39, 0.29) is 11.4 Å². The predicted molar refractivity (Wildman–Crippen MR) is 54.7 cm³/mol. The molecule has 86 valence electrons. The van der Waals surface area contributed by atoms with Gasteiger partial charge in [-0.15, -0.1) is 0 Å². The lowest BCUT2D eigenvalue weighted by molar-refractivity contribution is -0.136. The number of amides is 1. The van der Waals surface area contributed by atoms with Gasteiger partial charge >= 0.3 is 6.18 Å². The number of benzene rings is 1. The number of hydrogen-bond donors (Lipinski definition) is 2.